The number of thiophene rings is 1. The Labute approximate surface area is 112 Å². The normalized spacial score (nSPS) is 10.4. The highest BCUT2D eigenvalue weighted by Crippen LogP contribution is 2.21. The molecule has 0 atom stereocenters. The zero-order chi connectivity index (χ0) is 13.1. The van der Waals surface area contributed by atoms with E-state index in [1.165, 1.54) is 10.4 Å². The minimum Gasteiger partial charge on any atom is -0.322 e. The first kappa shape index (κ1) is 12.8. The van der Waals surface area contributed by atoms with Crippen LogP contribution in [0.4, 0.5) is 5.69 Å². The summed E-state index contributed by atoms with van der Waals surface area (Å²) in [4.78, 5) is 14.3. The lowest BCUT2D eigenvalue weighted by molar-refractivity contribution is 0.102. The second kappa shape index (κ2) is 5.36. The van der Waals surface area contributed by atoms with Crippen LogP contribution >= 0.6 is 11.3 Å². The van der Waals surface area contributed by atoms with Gasteiger partial charge in [0, 0.05) is 15.4 Å². The number of benzene rings is 1. The molecule has 0 aliphatic rings. The fraction of sp³-hybridized carbons (Fsp3) is 0.267. The van der Waals surface area contributed by atoms with Crippen molar-refractivity contribution in [2.45, 2.75) is 27.2 Å². The van der Waals surface area contributed by atoms with Crippen molar-refractivity contribution >= 4 is 22.9 Å². The van der Waals surface area contributed by atoms with E-state index in [0.717, 1.165) is 22.5 Å². The van der Waals surface area contributed by atoms with Gasteiger partial charge in [-0.25, -0.2) is 0 Å². The summed E-state index contributed by atoms with van der Waals surface area (Å²) in [6.45, 7) is 6.11. The van der Waals surface area contributed by atoms with Crippen molar-refractivity contribution in [1.29, 1.82) is 0 Å². The average Bonchev–Trinajstić information content (AvgIpc) is 2.69. The van der Waals surface area contributed by atoms with Gasteiger partial charge in [0.05, 0.1) is 5.56 Å². The summed E-state index contributed by atoms with van der Waals surface area (Å²) in [5.41, 5.74) is 2.90. The summed E-state index contributed by atoms with van der Waals surface area (Å²) >= 11 is 1.65. The number of nitrogens with one attached hydrogen (secondary N) is 1. The molecule has 2 aromatic rings. The van der Waals surface area contributed by atoms with E-state index in [4.69, 9.17) is 0 Å². The van der Waals surface area contributed by atoms with Gasteiger partial charge in [-0.05, 0) is 44.0 Å². The molecule has 0 unspecified atom stereocenters. The highest BCUT2D eigenvalue weighted by atomic mass is 32.1. The average molecular weight is 259 g/mol. The number of amides is 1. The molecular weight excluding hydrogens is 242 g/mol. The Morgan fingerprint density at radius 1 is 1.22 bits per heavy atom. The first-order chi connectivity index (χ1) is 8.60. The molecule has 0 bridgehead atoms. The van der Waals surface area contributed by atoms with Crippen molar-refractivity contribution in [2.24, 2.45) is 0 Å². The molecule has 3 heteroatoms. The van der Waals surface area contributed by atoms with Gasteiger partial charge in [0.15, 0.2) is 0 Å². The molecule has 0 saturated carbocycles. The molecule has 0 fully saturated rings. The van der Waals surface area contributed by atoms with Crippen LogP contribution in [0.25, 0.3) is 0 Å². The van der Waals surface area contributed by atoms with Gasteiger partial charge in [-0.3, -0.25) is 4.79 Å². The van der Waals surface area contributed by atoms with Crippen molar-refractivity contribution in [1.82, 2.24) is 0 Å². The van der Waals surface area contributed by atoms with E-state index in [1.54, 1.807) is 11.3 Å². The molecule has 1 aromatic carbocycles. The molecule has 0 saturated heterocycles. The standard InChI is InChI=1S/C15H17NOS/c1-4-12-5-7-13(8-6-12)16-15(17)14-9-10(2)18-11(14)3/h5-9H,4H2,1-3H3,(H,16,17). The number of aryl methyl sites for hydroxylation is 3. The van der Waals surface area contributed by atoms with Crippen molar-refractivity contribution < 1.29 is 4.79 Å². The molecule has 1 amide bonds. The van der Waals surface area contributed by atoms with Gasteiger partial charge >= 0.3 is 0 Å². The third-order valence-corrected chi connectivity index (χ3v) is 3.87. The minimum atomic E-state index is -0.0268. The van der Waals surface area contributed by atoms with Crippen molar-refractivity contribution in [3.05, 3.63) is 51.2 Å². The molecule has 2 nitrogen and oxygen atoms in total. The summed E-state index contributed by atoms with van der Waals surface area (Å²) in [6, 6.07) is 9.93. The fourth-order valence-electron chi connectivity index (χ4n) is 1.88. The van der Waals surface area contributed by atoms with E-state index in [0.29, 0.717) is 0 Å². The number of hydrogen-bond donors (Lipinski definition) is 1. The molecule has 0 aliphatic carbocycles. The van der Waals surface area contributed by atoms with Crippen LogP contribution in [0.1, 0.15) is 32.6 Å². The molecule has 0 aliphatic heterocycles. The van der Waals surface area contributed by atoms with Crippen molar-refractivity contribution in [2.75, 3.05) is 5.32 Å². The third kappa shape index (κ3) is 2.79. The lowest BCUT2D eigenvalue weighted by atomic mass is 10.1. The Balaban J connectivity index is 2.13. The predicted molar refractivity (Wildman–Crippen MR) is 77.6 cm³/mol. The molecule has 2 rings (SSSR count). The molecule has 0 spiro atoms. The van der Waals surface area contributed by atoms with E-state index in [1.807, 2.05) is 44.2 Å². The smallest absolute Gasteiger partial charge is 0.256 e. The van der Waals surface area contributed by atoms with E-state index in [-0.39, 0.29) is 5.91 Å². The zero-order valence-corrected chi connectivity index (χ0v) is 11.7. The molecular formula is C15H17NOS. The Kier molecular flexibility index (Phi) is 3.82. The van der Waals surface area contributed by atoms with Crippen LogP contribution in [0.2, 0.25) is 0 Å². The number of anilines is 1. The summed E-state index contributed by atoms with van der Waals surface area (Å²) in [5, 5.41) is 2.93. The molecule has 0 radical (unpaired) electrons. The maximum atomic E-state index is 12.1. The SMILES string of the molecule is CCc1ccc(NC(=O)c2cc(C)sc2C)cc1. The van der Waals surface area contributed by atoms with E-state index in [9.17, 15) is 4.79 Å². The van der Waals surface area contributed by atoms with Crippen molar-refractivity contribution in [3.8, 4) is 0 Å². The zero-order valence-electron chi connectivity index (χ0n) is 10.9. The second-order valence-electron chi connectivity index (χ2n) is 4.33. The Morgan fingerprint density at radius 2 is 1.89 bits per heavy atom. The highest BCUT2D eigenvalue weighted by molar-refractivity contribution is 7.12. The highest BCUT2D eigenvalue weighted by Gasteiger charge is 2.11. The summed E-state index contributed by atoms with van der Waals surface area (Å²) in [5.74, 6) is -0.0268. The van der Waals surface area contributed by atoms with Crippen LogP contribution < -0.4 is 5.32 Å². The summed E-state index contributed by atoms with van der Waals surface area (Å²) < 4.78 is 0. The topological polar surface area (TPSA) is 29.1 Å². The van der Waals surface area contributed by atoms with Crippen LogP contribution in [0.15, 0.2) is 30.3 Å². The van der Waals surface area contributed by atoms with Crippen molar-refractivity contribution in [3.63, 3.8) is 0 Å². The Hall–Kier alpha value is -1.61. The Bertz CT molecular complexity index is 554. The molecule has 18 heavy (non-hydrogen) atoms. The quantitative estimate of drug-likeness (QED) is 0.880. The van der Waals surface area contributed by atoms with Crippen LogP contribution in [0.5, 0.6) is 0 Å². The van der Waals surface area contributed by atoms with Crippen LogP contribution in [-0.4, -0.2) is 5.91 Å². The van der Waals surface area contributed by atoms with Crippen LogP contribution in [0, 0.1) is 13.8 Å². The molecule has 1 aromatic heterocycles. The van der Waals surface area contributed by atoms with Crippen LogP contribution in [-0.2, 0) is 6.42 Å². The number of carbonyl (C=O) groups is 1. The van der Waals surface area contributed by atoms with E-state index < -0.39 is 0 Å². The Morgan fingerprint density at radius 3 is 2.39 bits per heavy atom. The molecule has 1 N–H and O–H groups in total. The van der Waals surface area contributed by atoms with Gasteiger partial charge in [0.25, 0.3) is 5.91 Å². The lowest BCUT2D eigenvalue weighted by Gasteiger charge is -2.05. The van der Waals surface area contributed by atoms with E-state index in [2.05, 4.69) is 12.2 Å². The van der Waals surface area contributed by atoms with Gasteiger partial charge in [-0.2, -0.15) is 0 Å². The summed E-state index contributed by atoms with van der Waals surface area (Å²) in [6.07, 6.45) is 1.01. The first-order valence-corrected chi connectivity index (χ1v) is 6.89. The second-order valence-corrected chi connectivity index (χ2v) is 5.79. The lowest BCUT2D eigenvalue weighted by Crippen LogP contribution is -2.11. The number of hydrogen-bond acceptors (Lipinski definition) is 2. The van der Waals surface area contributed by atoms with Gasteiger partial charge < -0.3 is 5.32 Å². The van der Waals surface area contributed by atoms with Gasteiger partial charge in [0.1, 0.15) is 0 Å². The van der Waals surface area contributed by atoms with Gasteiger partial charge in [-0.1, -0.05) is 19.1 Å². The molecule has 1 heterocycles. The number of carbonyl (C=O) groups excluding carboxylic acids is 1. The largest absolute Gasteiger partial charge is 0.322 e. The minimum absolute atomic E-state index is 0.0268. The third-order valence-electron chi connectivity index (χ3n) is 2.91. The number of rotatable bonds is 3. The van der Waals surface area contributed by atoms with E-state index >= 15 is 0 Å². The molecule has 94 valence electrons. The van der Waals surface area contributed by atoms with Gasteiger partial charge in [0.2, 0.25) is 0 Å². The predicted octanol–water partition coefficient (Wildman–Crippen LogP) is 4.18. The summed E-state index contributed by atoms with van der Waals surface area (Å²) in [7, 11) is 0. The maximum Gasteiger partial charge on any atom is 0.256 e. The maximum absolute atomic E-state index is 12.1. The first-order valence-electron chi connectivity index (χ1n) is 6.07. The monoisotopic (exact) mass is 259 g/mol. The van der Waals surface area contributed by atoms with Gasteiger partial charge in [-0.15, -0.1) is 11.3 Å². The van der Waals surface area contributed by atoms with Crippen LogP contribution in [0.3, 0.4) is 0 Å². The fourth-order valence-corrected chi connectivity index (χ4v) is 2.80.